The van der Waals surface area contributed by atoms with Crippen LogP contribution in [0.25, 0.3) is 33.2 Å². The summed E-state index contributed by atoms with van der Waals surface area (Å²) >= 11 is 0. The van der Waals surface area contributed by atoms with Crippen molar-refractivity contribution in [3.8, 4) is 0 Å². The van der Waals surface area contributed by atoms with Gasteiger partial charge in [-0.2, -0.15) is 0 Å². The summed E-state index contributed by atoms with van der Waals surface area (Å²) in [5, 5.41) is 37.7. The van der Waals surface area contributed by atoms with Crippen LogP contribution in [-0.4, -0.2) is 148 Å². The molecule has 0 spiro atoms. The zero-order valence-corrected chi connectivity index (χ0v) is 41.3. The molecule has 20 heteroatoms. The Morgan fingerprint density at radius 3 is 1.85 bits per heavy atom. The van der Waals surface area contributed by atoms with Crippen LogP contribution in [0.5, 0.6) is 0 Å². The van der Waals surface area contributed by atoms with Gasteiger partial charge in [0.2, 0.25) is 17.7 Å². The Kier molecular flexibility index (Phi) is 17.0. The average Bonchev–Trinajstić information content (AvgIpc) is 4.05. The first-order valence-corrected chi connectivity index (χ1v) is 24.0. The number of nitrogens with zero attached hydrogens (tertiary/aromatic N) is 5. The Labute approximate surface area is 410 Å². The first kappa shape index (κ1) is 53.1. The highest BCUT2D eigenvalue weighted by Crippen LogP contribution is 2.45. The van der Waals surface area contributed by atoms with Gasteiger partial charge >= 0.3 is 23.9 Å². The number of ether oxygens (including phenoxy) is 1. The molecule has 3 aromatic heterocycles. The molecule has 3 aliphatic rings. The van der Waals surface area contributed by atoms with E-state index in [1.165, 1.54) is 0 Å². The summed E-state index contributed by atoms with van der Waals surface area (Å²) in [6, 6.07) is 5.96. The number of fused-ring (bicyclic) bond motifs is 8. The van der Waals surface area contributed by atoms with Crippen molar-refractivity contribution in [1.82, 2.24) is 34.6 Å². The predicted octanol–water partition coefficient (Wildman–Crippen LogP) is 6.16. The van der Waals surface area contributed by atoms with Crippen LogP contribution in [0.15, 0.2) is 18.2 Å². The highest BCUT2D eigenvalue weighted by molar-refractivity contribution is 6.13. The Morgan fingerprint density at radius 2 is 1.28 bits per heavy atom. The standard InChI is InChI=1S/C51H63N7O13/c1-8-10-11-12-15-71-30(7)48-28(5)36-17-35-27(4)32(13-14-41(60)56(20-42(61)57(22-44(63)64)23-45(65)66)21-43(62)58(24-46(67)68)25-47(69)70)50(54-35)33-16-40(59)49-29(6)37(55-51(33)49)18-38-31(9-2)26(3)34(52-38)19-39(48)53-36/h17-19,27,30,32,53,55H,8-16,20-25H2,1-7H3,(H,63,64)(H,65,66)(H,67,68)(H,69,70). The fraction of sp³-hybridized carbons (Fsp3) is 0.490. The summed E-state index contributed by atoms with van der Waals surface area (Å²) in [5.74, 6) is -10.4. The number of aromatic nitrogens is 4. The van der Waals surface area contributed by atoms with Crippen LogP contribution in [-0.2, 0) is 44.7 Å². The number of rotatable bonds is 23. The quantitative estimate of drug-likeness (QED) is 0.0580. The third-order valence-corrected chi connectivity index (χ3v) is 13.6. The lowest BCUT2D eigenvalue weighted by atomic mass is 9.85. The van der Waals surface area contributed by atoms with Gasteiger partial charge in [-0.3, -0.25) is 43.3 Å². The zero-order valence-electron chi connectivity index (χ0n) is 41.3. The highest BCUT2D eigenvalue weighted by Gasteiger charge is 2.37. The lowest BCUT2D eigenvalue weighted by Crippen LogP contribution is -2.50. The van der Waals surface area contributed by atoms with Crippen molar-refractivity contribution in [1.29, 1.82) is 0 Å². The molecule has 3 unspecified atom stereocenters. The van der Waals surface area contributed by atoms with Crippen LogP contribution in [0.4, 0.5) is 0 Å². The number of aromatic amines is 2. The van der Waals surface area contributed by atoms with Gasteiger partial charge in [0.25, 0.3) is 0 Å². The number of carboxylic acid groups (broad SMARTS) is 4. The second-order valence-corrected chi connectivity index (χ2v) is 18.5. The Bertz CT molecular complexity index is 2780. The van der Waals surface area contributed by atoms with E-state index in [0.717, 1.165) is 80.8 Å². The number of allylic oxidation sites excluding steroid dienone is 2. The van der Waals surface area contributed by atoms with E-state index in [1.807, 2.05) is 45.9 Å². The van der Waals surface area contributed by atoms with E-state index in [9.17, 15) is 58.8 Å². The molecular weight excluding hydrogens is 919 g/mol. The molecule has 1 aliphatic carbocycles. The molecule has 6 N–H and O–H groups in total. The van der Waals surface area contributed by atoms with Crippen molar-refractivity contribution >= 4 is 80.6 Å². The third kappa shape index (κ3) is 12.0. The molecule has 0 fully saturated rings. The average molecular weight is 982 g/mol. The fourth-order valence-corrected chi connectivity index (χ4v) is 9.87. The number of H-pyrrole nitrogens is 2. The van der Waals surface area contributed by atoms with Crippen molar-refractivity contribution in [2.45, 2.75) is 118 Å². The Morgan fingerprint density at radius 1 is 0.718 bits per heavy atom. The molecule has 6 rings (SSSR count). The number of amides is 3. The summed E-state index contributed by atoms with van der Waals surface area (Å²) in [4.78, 5) is 121. The second-order valence-electron chi connectivity index (χ2n) is 18.5. The molecular formula is C51H63N7O13. The minimum Gasteiger partial charge on any atom is -0.480 e. The monoisotopic (exact) mass is 981 g/mol. The van der Waals surface area contributed by atoms with Gasteiger partial charge in [-0.05, 0) is 87.4 Å². The number of nitrogens with one attached hydrogen (secondary N) is 2. The molecule has 5 heterocycles. The van der Waals surface area contributed by atoms with E-state index in [-0.39, 0.29) is 37.1 Å². The molecule has 380 valence electrons. The van der Waals surface area contributed by atoms with Crippen molar-refractivity contribution in [2.24, 2.45) is 0 Å². The van der Waals surface area contributed by atoms with E-state index in [2.05, 4.69) is 30.7 Å². The van der Waals surface area contributed by atoms with Gasteiger partial charge in [-0.1, -0.05) is 40.0 Å². The van der Waals surface area contributed by atoms with E-state index < -0.39 is 86.8 Å². The number of aliphatic carboxylic acids is 4. The maximum atomic E-state index is 14.4. The van der Waals surface area contributed by atoms with Gasteiger partial charge < -0.3 is 49.8 Å². The molecule has 3 amide bonds. The van der Waals surface area contributed by atoms with E-state index in [1.54, 1.807) is 0 Å². The number of carbonyl (C=O) groups is 8. The molecule has 0 aromatic carbocycles. The summed E-state index contributed by atoms with van der Waals surface area (Å²) < 4.78 is 6.46. The van der Waals surface area contributed by atoms with Gasteiger partial charge in [-0.25, -0.2) is 4.98 Å². The maximum Gasteiger partial charge on any atom is 0.323 e. The smallest absolute Gasteiger partial charge is 0.323 e. The number of aryl methyl sites for hydroxylation is 2. The summed E-state index contributed by atoms with van der Waals surface area (Å²) in [5.41, 5.74) is 11.5. The summed E-state index contributed by atoms with van der Waals surface area (Å²) in [6.45, 7) is 8.57. The second kappa shape index (κ2) is 22.7. The first-order chi connectivity index (χ1) is 33.6. The SMILES string of the molecule is CCCCCCOC(C)c1c(C)c2cc3nc(c4c5[nH]c(cc6nc(cc1[nH]2)C(C)=C6CC)c(C)c5C(=O)C4)C(CCC(=O)N(CC(=O)N(CC(=O)O)CC(=O)O)CC(=O)N(CC(=O)O)CC(=O)O)C3C. The van der Waals surface area contributed by atoms with Crippen LogP contribution < -0.4 is 0 Å². The highest BCUT2D eigenvalue weighted by atomic mass is 16.5. The Balaban J connectivity index is 1.48. The minimum absolute atomic E-state index is 0.0165. The van der Waals surface area contributed by atoms with Gasteiger partial charge in [0.1, 0.15) is 39.3 Å². The lowest BCUT2D eigenvalue weighted by molar-refractivity contribution is -0.153. The van der Waals surface area contributed by atoms with E-state index in [0.29, 0.717) is 56.4 Å². The molecule has 8 bridgehead atoms. The number of hydrogen-bond donors (Lipinski definition) is 6. The molecule has 71 heavy (non-hydrogen) atoms. The molecule has 0 saturated carbocycles. The van der Waals surface area contributed by atoms with Gasteiger partial charge in [0.15, 0.2) is 5.78 Å². The molecule has 2 aliphatic heterocycles. The summed E-state index contributed by atoms with van der Waals surface area (Å²) in [7, 11) is 0. The third-order valence-electron chi connectivity index (χ3n) is 13.6. The summed E-state index contributed by atoms with van der Waals surface area (Å²) in [6.07, 6.45) is 4.32. The topological polar surface area (TPSA) is 294 Å². The number of hydrogen-bond acceptors (Lipinski definition) is 11. The predicted molar refractivity (Wildman–Crippen MR) is 260 cm³/mol. The van der Waals surface area contributed by atoms with Gasteiger partial charge in [0, 0.05) is 70.2 Å². The normalized spacial score (nSPS) is 15.5. The lowest BCUT2D eigenvalue weighted by Gasteiger charge is -2.28. The van der Waals surface area contributed by atoms with E-state index >= 15 is 0 Å². The van der Waals surface area contributed by atoms with Crippen molar-refractivity contribution < 1.29 is 63.5 Å². The first-order valence-electron chi connectivity index (χ1n) is 24.0. The molecule has 3 aromatic rings. The van der Waals surface area contributed by atoms with Crippen LogP contribution in [0.2, 0.25) is 0 Å². The fourth-order valence-electron chi connectivity index (χ4n) is 9.87. The molecule has 0 radical (unpaired) electrons. The van der Waals surface area contributed by atoms with Crippen molar-refractivity contribution in [2.75, 3.05) is 45.9 Å². The van der Waals surface area contributed by atoms with Gasteiger partial charge in [-0.15, -0.1) is 0 Å². The van der Waals surface area contributed by atoms with Crippen LogP contribution in [0, 0.1) is 13.8 Å². The van der Waals surface area contributed by atoms with Crippen LogP contribution in [0.1, 0.15) is 153 Å². The molecule has 3 atom stereocenters. The maximum absolute atomic E-state index is 14.4. The largest absolute Gasteiger partial charge is 0.480 e. The van der Waals surface area contributed by atoms with Crippen molar-refractivity contribution in [3.63, 3.8) is 0 Å². The number of ketones is 1. The molecule has 20 nitrogen and oxygen atoms in total. The number of unbranched alkanes of at least 4 members (excludes halogenated alkanes) is 3. The number of Topliss-reactive ketones (excluding diaryl/α,β-unsaturated/α-hetero) is 1. The minimum atomic E-state index is -1.55. The zero-order chi connectivity index (χ0) is 52.0. The Hall–Kier alpha value is -7.22. The molecule has 0 saturated heterocycles. The number of carbonyl (C=O) groups excluding carboxylic acids is 4. The number of carboxylic acids is 4. The van der Waals surface area contributed by atoms with E-state index in [4.69, 9.17) is 14.7 Å². The van der Waals surface area contributed by atoms with Crippen LogP contribution in [0.3, 0.4) is 0 Å². The van der Waals surface area contributed by atoms with Crippen LogP contribution >= 0.6 is 0 Å². The van der Waals surface area contributed by atoms with Crippen molar-refractivity contribution in [3.05, 3.63) is 68.8 Å². The van der Waals surface area contributed by atoms with Gasteiger partial charge in [0.05, 0.1) is 28.7 Å².